The number of carboxylic acid groups (broad SMARTS) is 2. The number of alkyl halides is 6. The molecule has 0 saturated carbocycles. The van der Waals surface area contributed by atoms with Crippen LogP contribution in [-0.2, 0) is 16.0 Å². The Morgan fingerprint density at radius 3 is 1.83 bits per heavy atom. The van der Waals surface area contributed by atoms with E-state index >= 15 is 0 Å². The Morgan fingerprint density at radius 1 is 0.943 bits per heavy atom. The van der Waals surface area contributed by atoms with Crippen LogP contribution in [0.25, 0.3) is 0 Å². The number of aromatic amines is 1. The maximum Gasteiger partial charge on any atom is 0.490 e. The van der Waals surface area contributed by atoms with Crippen molar-refractivity contribution in [3.8, 4) is 0 Å². The molecule has 2 heterocycles. The third kappa shape index (κ3) is 12.1. The molecule has 1 saturated heterocycles. The predicted octanol–water partition coefficient (Wildman–Crippen LogP) is 3.13. The van der Waals surface area contributed by atoms with E-state index in [-0.39, 0.29) is 0 Å². The molecule has 3 rings (SSSR count). The third-order valence-corrected chi connectivity index (χ3v) is 4.50. The van der Waals surface area contributed by atoms with Gasteiger partial charge >= 0.3 is 24.3 Å². The number of rotatable bonds is 5. The van der Waals surface area contributed by atoms with Crippen LogP contribution >= 0.6 is 0 Å². The first-order valence-electron chi connectivity index (χ1n) is 10.2. The third-order valence-electron chi connectivity index (χ3n) is 4.50. The van der Waals surface area contributed by atoms with Crippen LogP contribution in [0.3, 0.4) is 0 Å². The summed E-state index contributed by atoms with van der Waals surface area (Å²) in [7, 11) is 0. The molecule has 0 unspecified atom stereocenters. The van der Waals surface area contributed by atoms with Gasteiger partial charge in [0.2, 0.25) is 0 Å². The molecule has 0 atom stereocenters. The van der Waals surface area contributed by atoms with E-state index in [1.165, 1.54) is 5.69 Å². The van der Waals surface area contributed by atoms with Crippen LogP contribution in [0, 0.1) is 6.92 Å². The fourth-order valence-corrected chi connectivity index (χ4v) is 2.83. The van der Waals surface area contributed by atoms with Crippen molar-refractivity contribution >= 4 is 17.6 Å². The van der Waals surface area contributed by atoms with E-state index in [0.29, 0.717) is 0 Å². The lowest BCUT2D eigenvalue weighted by molar-refractivity contribution is -0.193. The highest BCUT2D eigenvalue weighted by atomic mass is 19.4. The van der Waals surface area contributed by atoms with E-state index in [0.717, 1.165) is 57.2 Å². The van der Waals surface area contributed by atoms with Crippen molar-refractivity contribution in [2.24, 2.45) is 0 Å². The number of nitrogens with one attached hydrogen (secondary N) is 1. The zero-order valence-corrected chi connectivity index (χ0v) is 18.6. The number of anilines is 1. The maximum atomic E-state index is 10.6. The highest BCUT2D eigenvalue weighted by Gasteiger charge is 2.38. The monoisotopic (exact) mass is 513 g/mol. The molecule has 3 N–H and O–H groups in total. The Kier molecular flexibility index (Phi) is 11.5. The summed E-state index contributed by atoms with van der Waals surface area (Å²) >= 11 is 0. The lowest BCUT2D eigenvalue weighted by Crippen LogP contribution is -2.46. The summed E-state index contributed by atoms with van der Waals surface area (Å²) in [5.41, 5.74) is 1.34. The minimum absolute atomic E-state index is 0.904. The number of nitrogens with zero attached hydrogens (tertiary/aromatic N) is 4. The average molecular weight is 513 g/mol. The van der Waals surface area contributed by atoms with Gasteiger partial charge in [-0.05, 0) is 32.0 Å². The molecule has 1 aromatic carbocycles. The van der Waals surface area contributed by atoms with Gasteiger partial charge in [0.25, 0.3) is 0 Å². The lowest BCUT2D eigenvalue weighted by Gasteiger charge is -2.36. The van der Waals surface area contributed by atoms with E-state index in [4.69, 9.17) is 19.8 Å². The van der Waals surface area contributed by atoms with Crippen LogP contribution < -0.4 is 4.90 Å². The zero-order valence-electron chi connectivity index (χ0n) is 18.6. The van der Waals surface area contributed by atoms with Crippen molar-refractivity contribution in [1.29, 1.82) is 0 Å². The molecule has 0 amide bonds. The number of aryl methyl sites for hydroxylation is 2. The molecule has 0 aliphatic carbocycles. The first-order valence-corrected chi connectivity index (χ1v) is 10.2. The van der Waals surface area contributed by atoms with Crippen LogP contribution in [0.2, 0.25) is 0 Å². The maximum absolute atomic E-state index is 10.6. The molecule has 0 bridgehead atoms. The van der Waals surface area contributed by atoms with Gasteiger partial charge in [0.1, 0.15) is 5.82 Å². The molecular weight excluding hydrogens is 488 g/mol. The average Bonchev–Trinajstić information content (AvgIpc) is 3.19. The topological polar surface area (TPSA) is 123 Å². The molecule has 2 aromatic rings. The van der Waals surface area contributed by atoms with Crippen LogP contribution in [0.1, 0.15) is 18.1 Å². The van der Waals surface area contributed by atoms with Gasteiger partial charge in [0, 0.05) is 38.3 Å². The molecule has 0 radical (unpaired) electrons. The fraction of sp³-hybridized carbons (Fsp3) is 0.500. The number of H-pyrrole nitrogens is 1. The second-order valence-corrected chi connectivity index (χ2v) is 7.21. The van der Waals surface area contributed by atoms with E-state index in [9.17, 15) is 26.3 Å². The van der Waals surface area contributed by atoms with Crippen LogP contribution in [0.5, 0.6) is 0 Å². The van der Waals surface area contributed by atoms with E-state index < -0.39 is 24.3 Å². The number of hydrogen-bond donors (Lipinski definition) is 3. The van der Waals surface area contributed by atoms with Gasteiger partial charge in [-0.25, -0.2) is 14.6 Å². The Bertz CT molecular complexity index is 889. The molecule has 1 aromatic heterocycles. The molecule has 1 fully saturated rings. The van der Waals surface area contributed by atoms with Gasteiger partial charge in [-0.1, -0.05) is 18.2 Å². The highest BCUT2D eigenvalue weighted by Crippen LogP contribution is 2.16. The lowest BCUT2D eigenvalue weighted by atomic mass is 10.2. The van der Waals surface area contributed by atoms with E-state index in [1.54, 1.807) is 0 Å². The van der Waals surface area contributed by atoms with E-state index in [2.05, 4.69) is 55.3 Å². The summed E-state index contributed by atoms with van der Waals surface area (Å²) in [5, 5.41) is 21.3. The number of piperazine rings is 1. The summed E-state index contributed by atoms with van der Waals surface area (Å²) in [5.74, 6) is -3.67. The standard InChI is InChI=1S/C16H23N5.2C2HF3O2/c1-14-17-16(19-18-14)8-5-9-20-10-12-21(13-11-20)15-6-3-2-4-7-15;2*3-2(4,5)1(6)7/h2-4,6-7H,5,8-13H2,1H3,(H,17,18,19);2*(H,6,7). The zero-order chi connectivity index (χ0) is 26.6. The summed E-state index contributed by atoms with van der Waals surface area (Å²) in [6.07, 6.45) is -8.08. The summed E-state index contributed by atoms with van der Waals surface area (Å²) < 4.78 is 63.5. The normalized spacial score (nSPS) is 14.3. The number of carbonyl (C=O) groups is 2. The second-order valence-electron chi connectivity index (χ2n) is 7.21. The highest BCUT2D eigenvalue weighted by molar-refractivity contribution is 5.73. The van der Waals surface area contributed by atoms with Crippen molar-refractivity contribution in [1.82, 2.24) is 20.1 Å². The molecule has 9 nitrogen and oxygen atoms in total. The van der Waals surface area contributed by atoms with Gasteiger partial charge in [-0.3, -0.25) is 10.00 Å². The number of benzene rings is 1. The minimum Gasteiger partial charge on any atom is -0.475 e. The number of carboxylic acids is 2. The summed E-state index contributed by atoms with van der Waals surface area (Å²) in [6, 6.07) is 10.7. The SMILES string of the molecule is Cc1nc(CCCN2CCN(c3ccccc3)CC2)n[nH]1.O=C(O)C(F)(F)F.O=C(O)C(F)(F)F. The van der Waals surface area contributed by atoms with Crippen LogP contribution in [0.4, 0.5) is 32.0 Å². The number of aliphatic carboxylic acids is 2. The van der Waals surface area contributed by atoms with Gasteiger partial charge in [0.05, 0.1) is 0 Å². The van der Waals surface area contributed by atoms with Crippen LogP contribution in [0.15, 0.2) is 30.3 Å². The molecule has 1 aliphatic heterocycles. The molecule has 0 spiro atoms. The van der Waals surface area contributed by atoms with Crippen molar-refractivity contribution in [3.63, 3.8) is 0 Å². The number of hydrogen-bond acceptors (Lipinski definition) is 6. The molecule has 35 heavy (non-hydrogen) atoms. The van der Waals surface area contributed by atoms with Gasteiger partial charge in [-0.2, -0.15) is 31.4 Å². The number of aromatic nitrogens is 3. The van der Waals surface area contributed by atoms with Crippen molar-refractivity contribution in [2.45, 2.75) is 32.1 Å². The molecule has 15 heteroatoms. The van der Waals surface area contributed by atoms with Crippen LogP contribution in [-0.4, -0.2) is 87.3 Å². The Labute approximate surface area is 196 Å². The van der Waals surface area contributed by atoms with Gasteiger partial charge < -0.3 is 15.1 Å². The first kappa shape index (κ1) is 29.7. The smallest absolute Gasteiger partial charge is 0.475 e. The van der Waals surface area contributed by atoms with Crippen molar-refractivity contribution in [3.05, 3.63) is 42.0 Å². The molecule has 196 valence electrons. The Hall–Kier alpha value is -3.36. The number of halogens is 6. The largest absolute Gasteiger partial charge is 0.490 e. The molecular formula is C20H25F6N5O4. The minimum atomic E-state index is -5.08. The van der Waals surface area contributed by atoms with Gasteiger partial charge in [0.15, 0.2) is 5.82 Å². The first-order chi connectivity index (χ1) is 16.2. The predicted molar refractivity (Wildman–Crippen MR) is 112 cm³/mol. The molecule has 1 aliphatic rings. The summed E-state index contributed by atoms with van der Waals surface area (Å²) in [4.78, 5) is 27.2. The Balaban J connectivity index is 0.000000362. The Morgan fingerprint density at radius 2 is 1.43 bits per heavy atom. The van der Waals surface area contributed by atoms with Crippen molar-refractivity contribution < 1.29 is 46.1 Å². The summed E-state index contributed by atoms with van der Waals surface area (Å²) in [6.45, 7) is 7.59. The second kappa shape index (κ2) is 13.5. The number of para-hydroxylation sites is 1. The fourth-order valence-electron chi connectivity index (χ4n) is 2.83. The van der Waals surface area contributed by atoms with Crippen molar-refractivity contribution in [2.75, 3.05) is 37.6 Å². The quantitative estimate of drug-likeness (QED) is 0.522. The van der Waals surface area contributed by atoms with Gasteiger partial charge in [-0.15, -0.1) is 0 Å². The van der Waals surface area contributed by atoms with E-state index in [1.807, 2.05) is 6.92 Å².